The molecule has 0 saturated heterocycles. The number of aromatic nitrogens is 2. The Kier molecular flexibility index (Phi) is 5.20. The van der Waals surface area contributed by atoms with Crippen molar-refractivity contribution in [1.82, 2.24) is 9.97 Å². The highest BCUT2D eigenvalue weighted by atomic mass is 15.2. The number of nitrogens with zero attached hydrogens (tertiary/aromatic N) is 4. The van der Waals surface area contributed by atoms with E-state index in [1.807, 2.05) is 0 Å². The summed E-state index contributed by atoms with van der Waals surface area (Å²) in [6.07, 6.45) is 1.60. The molecule has 2 rings (SSSR count). The van der Waals surface area contributed by atoms with Crippen molar-refractivity contribution in [2.45, 2.75) is 27.7 Å². The van der Waals surface area contributed by atoms with Gasteiger partial charge in [0.2, 0.25) is 0 Å². The number of anilines is 4. The minimum absolute atomic E-state index is 0.634. The first-order chi connectivity index (χ1) is 10.6. The lowest BCUT2D eigenvalue weighted by Gasteiger charge is -2.27. The summed E-state index contributed by atoms with van der Waals surface area (Å²) in [5, 5.41) is 0. The maximum atomic E-state index is 6.38. The van der Waals surface area contributed by atoms with Crippen molar-refractivity contribution in [1.29, 1.82) is 0 Å². The minimum atomic E-state index is 0.634. The molecule has 0 spiro atoms. The summed E-state index contributed by atoms with van der Waals surface area (Å²) >= 11 is 0. The van der Waals surface area contributed by atoms with E-state index in [9.17, 15) is 0 Å². The lowest BCUT2D eigenvalue weighted by molar-refractivity contribution is 0.841. The van der Waals surface area contributed by atoms with Gasteiger partial charge in [0.25, 0.3) is 0 Å². The molecule has 1 aromatic heterocycles. The molecule has 5 nitrogen and oxygen atoms in total. The molecule has 0 amide bonds. The van der Waals surface area contributed by atoms with E-state index >= 15 is 0 Å². The van der Waals surface area contributed by atoms with Crippen molar-refractivity contribution in [3.05, 3.63) is 36.2 Å². The van der Waals surface area contributed by atoms with Gasteiger partial charge in [-0.2, -0.15) is 0 Å². The summed E-state index contributed by atoms with van der Waals surface area (Å²) in [6.45, 7) is 10.9. The van der Waals surface area contributed by atoms with Crippen molar-refractivity contribution in [3.63, 3.8) is 0 Å². The summed E-state index contributed by atoms with van der Waals surface area (Å²) in [5.74, 6) is 1.58. The molecule has 0 fully saturated rings. The Labute approximate surface area is 132 Å². The zero-order valence-electron chi connectivity index (χ0n) is 13.9. The average Bonchev–Trinajstić information content (AvgIpc) is 2.52. The highest BCUT2D eigenvalue weighted by Gasteiger charge is 2.18. The van der Waals surface area contributed by atoms with Crippen LogP contribution in [0.5, 0.6) is 0 Å². The Morgan fingerprint density at radius 1 is 1.00 bits per heavy atom. The first kappa shape index (κ1) is 16.1. The molecule has 5 heteroatoms. The normalized spacial score (nSPS) is 10.5. The molecule has 0 bridgehead atoms. The molecular weight excluding hydrogens is 274 g/mol. The maximum absolute atomic E-state index is 6.38. The van der Waals surface area contributed by atoms with Gasteiger partial charge in [-0.3, -0.25) is 0 Å². The molecule has 0 aliphatic rings. The second-order valence-corrected chi connectivity index (χ2v) is 5.19. The molecule has 118 valence electrons. The monoisotopic (exact) mass is 299 g/mol. The lowest BCUT2D eigenvalue weighted by Crippen LogP contribution is -2.26. The molecule has 22 heavy (non-hydrogen) atoms. The topological polar surface area (TPSA) is 58.3 Å². The van der Waals surface area contributed by atoms with Gasteiger partial charge in [-0.25, -0.2) is 9.97 Å². The number of aryl methyl sites for hydroxylation is 1. The molecule has 0 aliphatic carbocycles. The average molecular weight is 299 g/mol. The molecular formula is C17H25N5. The van der Waals surface area contributed by atoms with E-state index < -0.39 is 0 Å². The molecule has 1 heterocycles. The van der Waals surface area contributed by atoms with Crippen molar-refractivity contribution >= 4 is 23.0 Å². The van der Waals surface area contributed by atoms with E-state index in [1.54, 1.807) is 6.33 Å². The summed E-state index contributed by atoms with van der Waals surface area (Å²) in [6, 6.07) is 8.36. The Hall–Kier alpha value is -2.30. The fraction of sp³-hybridized carbons (Fsp3) is 0.412. The highest BCUT2D eigenvalue weighted by molar-refractivity contribution is 5.79. The Bertz CT molecular complexity index is 622. The van der Waals surface area contributed by atoms with Crippen LogP contribution in [0, 0.1) is 6.92 Å². The Morgan fingerprint density at radius 2 is 1.68 bits per heavy atom. The van der Waals surface area contributed by atoms with E-state index in [1.165, 1.54) is 5.56 Å². The second-order valence-electron chi connectivity index (χ2n) is 5.19. The zero-order chi connectivity index (χ0) is 16.1. The van der Waals surface area contributed by atoms with Crippen LogP contribution >= 0.6 is 0 Å². The largest absolute Gasteiger partial charge is 0.393 e. The third kappa shape index (κ3) is 3.13. The van der Waals surface area contributed by atoms with Gasteiger partial charge in [-0.1, -0.05) is 12.1 Å². The van der Waals surface area contributed by atoms with E-state index in [0.717, 1.165) is 37.0 Å². The van der Waals surface area contributed by atoms with Crippen LogP contribution in [0.4, 0.5) is 23.0 Å². The van der Waals surface area contributed by atoms with Crippen LogP contribution in [0.2, 0.25) is 0 Å². The van der Waals surface area contributed by atoms with Gasteiger partial charge >= 0.3 is 0 Å². The van der Waals surface area contributed by atoms with Crippen molar-refractivity contribution in [2.75, 3.05) is 35.2 Å². The van der Waals surface area contributed by atoms with Crippen LogP contribution in [0.1, 0.15) is 26.3 Å². The van der Waals surface area contributed by atoms with Gasteiger partial charge in [-0.05, 0) is 45.4 Å². The lowest BCUT2D eigenvalue weighted by atomic mass is 10.2. The van der Waals surface area contributed by atoms with Crippen LogP contribution in [0.3, 0.4) is 0 Å². The molecule has 0 atom stereocenters. The molecule has 0 unspecified atom stereocenters. The predicted octanol–water partition coefficient (Wildman–Crippen LogP) is 3.37. The summed E-state index contributed by atoms with van der Waals surface area (Å²) in [4.78, 5) is 13.1. The standard InChI is InChI=1S/C17H25N5/c1-5-21(6-2)16-15(18)17(20-12-19-16)22(7-3)14-10-8-9-13(4)11-14/h8-12H,5-7,18H2,1-4H3. The zero-order valence-corrected chi connectivity index (χ0v) is 13.9. The molecule has 0 radical (unpaired) electrons. The van der Waals surface area contributed by atoms with Gasteiger partial charge in [0.15, 0.2) is 11.6 Å². The fourth-order valence-corrected chi connectivity index (χ4v) is 2.62. The van der Waals surface area contributed by atoms with E-state index in [4.69, 9.17) is 5.73 Å². The van der Waals surface area contributed by atoms with Crippen molar-refractivity contribution in [3.8, 4) is 0 Å². The fourth-order valence-electron chi connectivity index (χ4n) is 2.62. The predicted molar refractivity (Wildman–Crippen MR) is 93.9 cm³/mol. The van der Waals surface area contributed by atoms with Crippen LogP contribution in [-0.2, 0) is 0 Å². The third-order valence-electron chi connectivity index (χ3n) is 3.79. The van der Waals surface area contributed by atoms with Crippen molar-refractivity contribution in [2.24, 2.45) is 0 Å². The van der Waals surface area contributed by atoms with Gasteiger partial charge in [-0.15, -0.1) is 0 Å². The van der Waals surface area contributed by atoms with Gasteiger partial charge in [0, 0.05) is 25.3 Å². The number of rotatable bonds is 6. The number of nitrogen functional groups attached to an aromatic ring is 1. The SMILES string of the molecule is CCN(CC)c1ncnc(N(CC)c2cccc(C)c2)c1N. The highest BCUT2D eigenvalue weighted by Crippen LogP contribution is 2.33. The van der Waals surface area contributed by atoms with Crippen molar-refractivity contribution < 1.29 is 0 Å². The molecule has 2 N–H and O–H groups in total. The van der Waals surface area contributed by atoms with E-state index in [-0.39, 0.29) is 0 Å². The smallest absolute Gasteiger partial charge is 0.161 e. The van der Waals surface area contributed by atoms with Gasteiger partial charge < -0.3 is 15.5 Å². The quantitative estimate of drug-likeness (QED) is 0.886. The molecule has 1 aromatic carbocycles. The summed E-state index contributed by atoms with van der Waals surface area (Å²) in [5.41, 5.74) is 9.32. The molecule has 0 saturated carbocycles. The van der Waals surface area contributed by atoms with E-state index in [2.05, 4.69) is 71.7 Å². The van der Waals surface area contributed by atoms with E-state index in [0.29, 0.717) is 5.69 Å². The third-order valence-corrected chi connectivity index (χ3v) is 3.79. The summed E-state index contributed by atoms with van der Waals surface area (Å²) < 4.78 is 0. The first-order valence-electron chi connectivity index (χ1n) is 7.81. The first-order valence-corrected chi connectivity index (χ1v) is 7.81. The van der Waals surface area contributed by atoms with Crippen LogP contribution in [-0.4, -0.2) is 29.6 Å². The minimum Gasteiger partial charge on any atom is -0.393 e. The Balaban J connectivity index is 2.48. The van der Waals surface area contributed by atoms with Gasteiger partial charge in [0.1, 0.15) is 12.0 Å². The molecule has 0 aliphatic heterocycles. The van der Waals surface area contributed by atoms with Gasteiger partial charge in [0.05, 0.1) is 0 Å². The number of nitrogens with two attached hydrogens (primary N) is 1. The second kappa shape index (κ2) is 7.11. The number of hydrogen-bond acceptors (Lipinski definition) is 5. The Morgan fingerprint density at radius 3 is 2.27 bits per heavy atom. The van der Waals surface area contributed by atoms with Crippen LogP contribution < -0.4 is 15.5 Å². The maximum Gasteiger partial charge on any atom is 0.161 e. The van der Waals surface area contributed by atoms with Crippen LogP contribution in [0.25, 0.3) is 0 Å². The molecule has 2 aromatic rings. The summed E-state index contributed by atoms with van der Waals surface area (Å²) in [7, 11) is 0. The van der Waals surface area contributed by atoms with Crippen LogP contribution in [0.15, 0.2) is 30.6 Å². The number of benzene rings is 1. The number of hydrogen-bond donors (Lipinski definition) is 1.